The van der Waals surface area contributed by atoms with Gasteiger partial charge in [0.15, 0.2) is 0 Å². The average molecular weight is 598 g/mol. The van der Waals surface area contributed by atoms with Crippen LogP contribution in [0.2, 0.25) is 0 Å². The van der Waals surface area contributed by atoms with Gasteiger partial charge in [0, 0.05) is 0 Å². The molecule has 0 aromatic heterocycles. The monoisotopic (exact) mass is 598 g/mol. The molecule has 28 heteroatoms. The minimum atomic E-state index is -7.82. The highest BCUT2D eigenvalue weighted by molar-refractivity contribution is 8.14. The molecule has 0 aliphatic rings. The van der Waals surface area contributed by atoms with E-state index in [1.807, 2.05) is 0 Å². The molecule has 0 amide bonds. The largest absolute Gasteiger partial charge is 0.449 e. The molecule has 0 bridgehead atoms. The van der Waals surface area contributed by atoms with Crippen LogP contribution < -0.4 is 0 Å². The normalized spacial score (nSPS) is 15.1. The van der Waals surface area contributed by atoms with Gasteiger partial charge in [0.25, 0.3) is 0 Å². The third-order valence-corrected chi connectivity index (χ3v) is 11.4. The lowest BCUT2D eigenvalue weighted by atomic mass is 10.3. The topological polar surface area (TPSA) is 379 Å². The summed E-state index contributed by atoms with van der Waals surface area (Å²) in [5, 5.41) is 0. The molecule has 0 spiro atoms. The molecular weight excluding hydrogens is 592 g/mol. The molecule has 0 fully saturated rings. The van der Waals surface area contributed by atoms with E-state index in [0.29, 0.717) is 0 Å². The van der Waals surface area contributed by atoms with Crippen LogP contribution in [0.25, 0.3) is 0 Å². The highest BCUT2D eigenvalue weighted by atomic mass is 32.3. The van der Waals surface area contributed by atoms with Crippen molar-refractivity contribution in [1.29, 1.82) is 0 Å². The van der Waals surface area contributed by atoms with E-state index in [2.05, 4.69) is 8.37 Å². The third-order valence-electron chi connectivity index (χ3n) is 2.79. The lowest BCUT2D eigenvalue weighted by molar-refractivity contribution is -0.142. The van der Waals surface area contributed by atoms with Gasteiger partial charge in [-0.15, -0.1) is 0 Å². The second kappa shape index (κ2) is 8.01. The Labute approximate surface area is 177 Å². The van der Waals surface area contributed by atoms with Crippen LogP contribution in [0.1, 0.15) is 0 Å². The third kappa shape index (κ3) is 4.98. The zero-order valence-electron chi connectivity index (χ0n) is 13.7. The van der Waals surface area contributed by atoms with Crippen molar-refractivity contribution in [2.24, 2.45) is 0 Å². The number of rotatable bonds is 9. The Morgan fingerprint density at radius 1 is 0.438 bits per heavy atom. The number of hydrogen-bond acceptors (Lipinski definition) is 16. The second-order valence-corrected chi connectivity index (χ2v) is 13.5. The maximum atomic E-state index is 12.0. The SMILES string of the molecule is O=C(OS(=O)(=O)O)C(C(C(=O)OS(=O)(=O)O)(S(=O)(=O)O)S(=O)(=O)O)(S(=O)(=O)O)S(=O)(=O)O. The summed E-state index contributed by atoms with van der Waals surface area (Å²) in [5.41, 5.74) is 0. The molecule has 22 nitrogen and oxygen atoms in total. The number of carbonyl (C=O) groups excluding carboxylic acids is 2. The van der Waals surface area contributed by atoms with Gasteiger partial charge in [-0.2, -0.15) is 50.5 Å². The fourth-order valence-corrected chi connectivity index (χ4v) is 10.1. The Balaban J connectivity index is 8.82. The van der Waals surface area contributed by atoms with Crippen LogP contribution in [0.4, 0.5) is 0 Å². The molecule has 0 aliphatic carbocycles. The maximum Gasteiger partial charge on any atom is 0.449 e. The lowest BCUT2D eigenvalue weighted by Gasteiger charge is -2.35. The molecule has 0 unspecified atom stereocenters. The van der Waals surface area contributed by atoms with E-state index in [9.17, 15) is 60.1 Å². The zero-order valence-corrected chi connectivity index (χ0v) is 18.6. The molecule has 0 aliphatic heterocycles. The highest BCUT2D eigenvalue weighted by Gasteiger charge is 2.91. The van der Waals surface area contributed by atoms with Gasteiger partial charge >= 0.3 is 81.4 Å². The summed E-state index contributed by atoms with van der Waals surface area (Å²) in [7, 11) is -44.5. The molecule has 0 radical (unpaired) electrons. The molecule has 190 valence electrons. The predicted octanol–water partition coefficient (Wildman–Crippen LogP) is -5.38. The van der Waals surface area contributed by atoms with Crippen LogP contribution in [-0.4, -0.2) is 97.9 Å². The summed E-state index contributed by atoms with van der Waals surface area (Å²) in [5.74, 6) is -8.43. The summed E-state index contributed by atoms with van der Waals surface area (Å²) in [6.07, 6.45) is 0. The molecule has 0 atom stereocenters. The van der Waals surface area contributed by atoms with Crippen molar-refractivity contribution in [2.45, 2.75) is 8.16 Å². The van der Waals surface area contributed by atoms with Crippen molar-refractivity contribution in [2.75, 3.05) is 0 Å². The van der Waals surface area contributed by atoms with Crippen molar-refractivity contribution < 1.29 is 95.8 Å². The Hall–Kier alpha value is -1.60. The Kier molecular flexibility index (Phi) is 7.61. The van der Waals surface area contributed by atoms with Gasteiger partial charge in [0.1, 0.15) is 0 Å². The molecule has 0 saturated heterocycles. The molecule has 6 N–H and O–H groups in total. The van der Waals surface area contributed by atoms with Gasteiger partial charge in [-0.05, 0) is 0 Å². The van der Waals surface area contributed by atoms with E-state index in [1.54, 1.807) is 0 Å². The maximum absolute atomic E-state index is 12.0. The minimum absolute atomic E-state index is 2.67. The molecule has 0 saturated carbocycles. The number of hydrogen-bond donors (Lipinski definition) is 6. The molecule has 0 heterocycles. The summed E-state index contributed by atoms with van der Waals surface area (Å²) < 4.78 is 181. The Morgan fingerprint density at radius 3 is 0.688 bits per heavy atom. The van der Waals surface area contributed by atoms with Gasteiger partial charge in [-0.25, -0.2) is 9.59 Å². The van der Waals surface area contributed by atoms with Crippen molar-refractivity contribution in [3.63, 3.8) is 0 Å². The van der Waals surface area contributed by atoms with Crippen LogP contribution >= 0.6 is 0 Å². The van der Waals surface area contributed by atoms with Crippen molar-refractivity contribution in [3.05, 3.63) is 0 Å². The first-order valence-corrected chi connectivity index (χ1v) is 14.3. The van der Waals surface area contributed by atoms with E-state index >= 15 is 0 Å². The average Bonchev–Trinajstić information content (AvgIpc) is 2.33. The standard InChI is InChI=1S/C4H6O22S6/c5-1(25-31(19,20)21)3(27(7,8)9,28(10,11)12)4(29(13,14)15,30(16,17)18)2(6)26-32(22,23)24/h(H,7,8,9)(H,10,11,12)(H,13,14,15)(H,16,17,18)(H,19,20,21)(H,22,23,24). The van der Waals surface area contributed by atoms with E-state index in [0.717, 1.165) is 0 Å². The van der Waals surface area contributed by atoms with Gasteiger partial charge in [-0.3, -0.25) is 27.3 Å². The van der Waals surface area contributed by atoms with Gasteiger partial charge in [0.05, 0.1) is 0 Å². The molecule has 0 rings (SSSR count). The van der Waals surface area contributed by atoms with E-state index in [4.69, 9.17) is 27.3 Å². The fourth-order valence-electron chi connectivity index (χ4n) is 1.94. The fraction of sp³-hybridized carbons (Fsp3) is 0.500. The predicted molar refractivity (Wildman–Crippen MR) is 86.9 cm³/mol. The highest BCUT2D eigenvalue weighted by Crippen LogP contribution is 2.46. The van der Waals surface area contributed by atoms with Crippen LogP contribution in [0.15, 0.2) is 0 Å². The minimum Gasteiger partial charge on any atom is -0.322 e. The summed E-state index contributed by atoms with van der Waals surface area (Å²) >= 11 is 0. The molecule has 32 heavy (non-hydrogen) atoms. The van der Waals surface area contributed by atoms with Crippen molar-refractivity contribution >= 4 is 73.2 Å². The van der Waals surface area contributed by atoms with Crippen LogP contribution in [-0.2, 0) is 79.2 Å². The van der Waals surface area contributed by atoms with Crippen molar-refractivity contribution in [3.8, 4) is 0 Å². The molecule has 0 aromatic carbocycles. The van der Waals surface area contributed by atoms with E-state index in [-0.39, 0.29) is 0 Å². The van der Waals surface area contributed by atoms with Crippen LogP contribution in [0.3, 0.4) is 0 Å². The Morgan fingerprint density at radius 2 is 0.594 bits per heavy atom. The van der Waals surface area contributed by atoms with E-state index in [1.165, 1.54) is 0 Å². The summed E-state index contributed by atoms with van der Waals surface area (Å²) in [6, 6.07) is 0. The van der Waals surface area contributed by atoms with Crippen LogP contribution in [0, 0.1) is 0 Å². The molecule has 0 aromatic rings. The van der Waals surface area contributed by atoms with Gasteiger partial charge in [-0.1, -0.05) is 0 Å². The first-order chi connectivity index (χ1) is 13.5. The second-order valence-electron chi connectivity index (χ2n) is 4.73. The smallest absolute Gasteiger partial charge is 0.322 e. The first-order valence-electron chi connectivity index (χ1n) is 5.81. The van der Waals surface area contributed by atoms with Crippen LogP contribution in [0.5, 0.6) is 0 Å². The quantitative estimate of drug-likeness (QED) is 0.135. The Bertz CT molecular complexity index is 1280. The number of carbonyl (C=O) groups is 2. The summed E-state index contributed by atoms with van der Waals surface area (Å²) in [6.45, 7) is 0. The summed E-state index contributed by atoms with van der Waals surface area (Å²) in [4.78, 5) is 23.9. The van der Waals surface area contributed by atoms with Gasteiger partial charge in [0.2, 0.25) is 0 Å². The van der Waals surface area contributed by atoms with E-state index < -0.39 is 81.4 Å². The van der Waals surface area contributed by atoms with Crippen molar-refractivity contribution in [1.82, 2.24) is 0 Å². The van der Waals surface area contributed by atoms with Gasteiger partial charge < -0.3 is 8.37 Å². The molecular formula is C4H6O22S6. The first kappa shape index (κ1) is 30.4. The lowest BCUT2D eigenvalue weighted by Crippen LogP contribution is -2.77. The zero-order chi connectivity index (χ0) is 26.6.